The Morgan fingerprint density at radius 1 is 1.15 bits per heavy atom. The van der Waals surface area contributed by atoms with Crippen molar-refractivity contribution in [1.82, 2.24) is 10.3 Å². The first-order chi connectivity index (χ1) is 16.0. The Labute approximate surface area is 196 Å². The standard InChI is InChI=1S/C26H37N3O4/c1-2-8-33-26-21(5-6-22(27-26)29-7-3-4-16(15-29)14-23(30)31)25(32)28-24-19-10-17-9-18(12-19)13-20(24)11-17/h5-6,16-20,24H,2-4,7-15H2,1H3,(H,28,32)(H,30,31). The third kappa shape index (κ3) is 4.82. The summed E-state index contributed by atoms with van der Waals surface area (Å²) >= 11 is 0. The van der Waals surface area contributed by atoms with E-state index in [4.69, 9.17) is 9.72 Å². The molecule has 4 bridgehead atoms. The fraction of sp³-hybridized carbons (Fsp3) is 0.731. The van der Waals surface area contributed by atoms with Gasteiger partial charge < -0.3 is 20.1 Å². The van der Waals surface area contributed by atoms with Crippen LogP contribution in [-0.2, 0) is 4.79 Å². The van der Waals surface area contributed by atoms with Gasteiger partial charge in [0.1, 0.15) is 11.4 Å². The van der Waals surface area contributed by atoms with Crippen molar-refractivity contribution >= 4 is 17.7 Å². The molecule has 0 spiro atoms. The number of ether oxygens (including phenoxy) is 1. The van der Waals surface area contributed by atoms with Crippen molar-refractivity contribution in [3.05, 3.63) is 17.7 Å². The molecule has 7 nitrogen and oxygen atoms in total. The number of nitrogens with one attached hydrogen (secondary N) is 1. The fourth-order valence-electron chi connectivity index (χ4n) is 7.17. The lowest BCUT2D eigenvalue weighted by atomic mass is 9.54. The first kappa shape index (κ1) is 22.5. The Bertz CT molecular complexity index is 860. The summed E-state index contributed by atoms with van der Waals surface area (Å²) < 4.78 is 5.94. The quantitative estimate of drug-likeness (QED) is 0.613. The average molecular weight is 456 g/mol. The van der Waals surface area contributed by atoms with E-state index in [2.05, 4.69) is 10.2 Å². The van der Waals surface area contributed by atoms with Crippen molar-refractivity contribution in [2.75, 3.05) is 24.6 Å². The van der Waals surface area contributed by atoms with Crippen molar-refractivity contribution in [1.29, 1.82) is 0 Å². The molecular weight excluding hydrogens is 418 g/mol. The van der Waals surface area contributed by atoms with Crippen LogP contribution >= 0.6 is 0 Å². The van der Waals surface area contributed by atoms with E-state index < -0.39 is 5.97 Å². The normalized spacial score (nSPS) is 32.6. The number of hydrogen-bond acceptors (Lipinski definition) is 5. The minimum absolute atomic E-state index is 0.0694. The predicted octanol–water partition coefficient (Wildman–Crippen LogP) is 4.12. The van der Waals surface area contributed by atoms with Gasteiger partial charge in [-0.3, -0.25) is 9.59 Å². The van der Waals surface area contributed by atoms with E-state index in [9.17, 15) is 14.7 Å². The molecule has 1 aliphatic heterocycles. The first-order valence-electron chi connectivity index (χ1n) is 12.9. The number of carbonyl (C=O) groups excluding carboxylic acids is 1. The monoisotopic (exact) mass is 455 g/mol. The van der Waals surface area contributed by atoms with Gasteiger partial charge in [0.15, 0.2) is 0 Å². The van der Waals surface area contributed by atoms with Crippen LogP contribution in [0.3, 0.4) is 0 Å². The molecule has 5 aliphatic rings. The summed E-state index contributed by atoms with van der Waals surface area (Å²) in [5.74, 6) is 3.46. The predicted molar refractivity (Wildman–Crippen MR) is 126 cm³/mol. The van der Waals surface area contributed by atoms with Gasteiger partial charge in [0, 0.05) is 25.6 Å². The molecule has 1 aromatic heterocycles. The van der Waals surface area contributed by atoms with Gasteiger partial charge in [-0.15, -0.1) is 0 Å². The smallest absolute Gasteiger partial charge is 0.303 e. The van der Waals surface area contributed by atoms with E-state index in [0.29, 0.717) is 36.4 Å². The minimum atomic E-state index is -0.751. The number of aromatic nitrogens is 1. The number of nitrogens with zero attached hydrogens (tertiary/aromatic N) is 2. The van der Waals surface area contributed by atoms with Gasteiger partial charge in [-0.2, -0.15) is 4.98 Å². The molecule has 1 saturated heterocycles. The van der Waals surface area contributed by atoms with E-state index in [1.807, 2.05) is 19.1 Å². The highest BCUT2D eigenvalue weighted by atomic mass is 16.5. The van der Waals surface area contributed by atoms with E-state index in [1.54, 1.807) is 0 Å². The second-order valence-corrected chi connectivity index (χ2v) is 10.9. The number of amides is 1. The topological polar surface area (TPSA) is 91.8 Å². The summed E-state index contributed by atoms with van der Waals surface area (Å²) in [4.78, 5) is 31.4. The molecule has 7 heteroatoms. The summed E-state index contributed by atoms with van der Waals surface area (Å²) in [5, 5.41) is 12.6. The highest BCUT2D eigenvalue weighted by molar-refractivity contribution is 5.97. The van der Waals surface area contributed by atoms with Crippen molar-refractivity contribution in [3.63, 3.8) is 0 Å². The zero-order chi connectivity index (χ0) is 22.9. The molecule has 2 heterocycles. The maximum Gasteiger partial charge on any atom is 0.303 e. The lowest BCUT2D eigenvalue weighted by molar-refractivity contribution is -0.138. The molecular formula is C26H37N3O4. The second kappa shape index (κ2) is 9.51. The molecule has 0 aromatic carbocycles. The van der Waals surface area contributed by atoms with Crippen molar-refractivity contribution in [3.8, 4) is 5.88 Å². The van der Waals surface area contributed by atoms with Crippen LogP contribution in [0.4, 0.5) is 5.82 Å². The van der Waals surface area contributed by atoms with Gasteiger partial charge in [0.2, 0.25) is 5.88 Å². The molecule has 1 unspecified atom stereocenters. The second-order valence-electron chi connectivity index (χ2n) is 10.9. The highest BCUT2D eigenvalue weighted by Crippen LogP contribution is 2.53. The van der Waals surface area contributed by atoms with Crippen LogP contribution in [-0.4, -0.2) is 47.7 Å². The summed E-state index contributed by atoms with van der Waals surface area (Å²) in [6, 6.07) is 4.02. The molecule has 33 heavy (non-hydrogen) atoms. The molecule has 1 atom stereocenters. The van der Waals surface area contributed by atoms with Crippen LogP contribution in [0, 0.1) is 29.6 Å². The van der Waals surface area contributed by atoms with Gasteiger partial charge in [-0.25, -0.2) is 0 Å². The third-order valence-corrected chi connectivity index (χ3v) is 8.36. The SMILES string of the molecule is CCCOc1nc(N2CCCC(CC(=O)O)C2)ccc1C(=O)NC1C2CC3CC(C2)CC1C3. The Morgan fingerprint density at radius 3 is 2.55 bits per heavy atom. The molecule has 4 saturated carbocycles. The molecule has 180 valence electrons. The van der Waals surface area contributed by atoms with Gasteiger partial charge in [0.25, 0.3) is 5.91 Å². The Morgan fingerprint density at radius 2 is 1.88 bits per heavy atom. The fourth-order valence-corrected chi connectivity index (χ4v) is 7.17. The molecule has 1 aromatic rings. The lowest BCUT2D eigenvalue weighted by Crippen LogP contribution is -2.55. The number of rotatable bonds is 8. The zero-order valence-electron chi connectivity index (χ0n) is 19.7. The van der Waals surface area contributed by atoms with Crippen LogP contribution in [0.25, 0.3) is 0 Å². The molecule has 2 N–H and O–H groups in total. The molecule has 1 amide bonds. The minimum Gasteiger partial charge on any atom is -0.481 e. The first-order valence-corrected chi connectivity index (χ1v) is 12.9. The number of carbonyl (C=O) groups is 2. The number of hydrogen-bond donors (Lipinski definition) is 2. The van der Waals surface area contributed by atoms with Gasteiger partial charge in [-0.05, 0) is 93.1 Å². The number of piperidine rings is 1. The molecule has 6 rings (SSSR count). The summed E-state index contributed by atoms with van der Waals surface area (Å²) in [6.07, 6.45) is 9.35. The number of carboxylic acids is 1. The van der Waals surface area contributed by atoms with Crippen LogP contribution in [0.1, 0.15) is 75.1 Å². The number of carboxylic acid groups (broad SMARTS) is 1. The summed E-state index contributed by atoms with van der Waals surface area (Å²) in [6.45, 7) is 4.07. The van der Waals surface area contributed by atoms with E-state index in [0.717, 1.165) is 43.5 Å². The number of pyridine rings is 1. The van der Waals surface area contributed by atoms with Crippen molar-refractivity contribution < 1.29 is 19.4 Å². The Kier molecular flexibility index (Phi) is 6.48. The Balaban J connectivity index is 1.31. The van der Waals surface area contributed by atoms with Crippen LogP contribution in [0.2, 0.25) is 0 Å². The average Bonchev–Trinajstić information content (AvgIpc) is 2.79. The number of aliphatic carboxylic acids is 1. The van der Waals surface area contributed by atoms with E-state index >= 15 is 0 Å². The van der Waals surface area contributed by atoms with Crippen LogP contribution in [0.15, 0.2) is 12.1 Å². The van der Waals surface area contributed by atoms with Gasteiger partial charge in [-0.1, -0.05) is 6.92 Å². The molecule has 0 radical (unpaired) electrons. The van der Waals surface area contributed by atoms with Gasteiger partial charge in [0.05, 0.1) is 6.61 Å². The van der Waals surface area contributed by atoms with Crippen molar-refractivity contribution in [2.45, 2.75) is 70.8 Å². The molecule has 5 fully saturated rings. The van der Waals surface area contributed by atoms with Crippen LogP contribution < -0.4 is 15.0 Å². The van der Waals surface area contributed by atoms with Crippen LogP contribution in [0.5, 0.6) is 5.88 Å². The number of anilines is 1. The lowest BCUT2D eigenvalue weighted by Gasteiger charge is -2.54. The van der Waals surface area contributed by atoms with E-state index in [1.165, 1.54) is 32.1 Å². The summed E-state index contributed by atoms with van der Waals surface area (Å²) in [5.41, 5.74) is 0.514. The summed E-state index contributed by atoms with van der Waals surface area (Å²) in [7, 11) is 0. The zero-order valence-corrected chi connectivity index (χ0v) is 19.7. The largest absolute Gasteiger partial charge is 0.481 e. The Hall–Kier alpha value is -2.31. The molecule has 4 aliphatic carbocycles. The highest BCUT2D eigenvalue weighted by Gasteiger charge is 2.48. The third-order valence-electron chi connectivity index (χ3n) is 8.36. The maximum absolute atomic E-state index is 13.4. The van der Waals surface area contributed by atoms with Crippen molar-refractivity contribution in [2.24, 2.45) is 29.6 Å². The maximum atomic E-state index is 13.4. The van der Waals surface area contributed by atoms with E-state index in [-0.39, 0.29) is 24.3 Å². The van der Waals surface area contributed by atoms with Gasteiger partial charge >= 0.3 is 5.97 Å².